The summed E-state index contributed by atoms with van der Waals surface area (Å²) in [6.45, 7) is 3.44. The van der Waals surface area contributed by atoms with Crippen LogP contribution in [0.4, 0.5) is 13.2 Å². The van der Waals surface area contributed by atoms with Gasteiger partial charge in [0.2, 0.25) is 0 Å². The molecule has 1 aromatic carbocycles. The molecule has 3 rings (SSSR count). The van der Waals surface area contributed by atoms with Crippen LogP contribution in [0.1, 0.15) is 29.5 Å². The molecule has 0 spiro atoms. The number of phenolic OH excluding ortho intramolecular Hbond substituents is 1. The fourth-order valence-corrected chi connectivity index (χ4v) is 4.16. The van der Waals surface area contributed by atoms with Crippen LogP contribution >= 0.6 is 11.8 Å². The maximum Gasteiger partial charge on any atom is 0.416 e. The molecule has 0 saturated carbocycles. The lowest BCUT2D eigenvalue weighted by molar-refractivity contribution is -0.137. The van der Waals surface area contributed by atoms with Crippen LogP contribution in [0.5, 0.6) is 5.75 Å². The number of aromatic hydroxyl groups is 1. The highest BCUT2D eigenvalue weighted by Gasteiger charge is 2.31. The van der Waals surface area contributed by atoms with Gasteiger partial charge in [-0.1, -0.05) is 11.8 Å². The smallest absolute Gasteiger partial charge is 0.416 e. The molecule has 142 valence electrons. The minimum Gasteiger partial charge on any atom is -0.507 e. The van der Waals surface area contributed by atoms with E-state index in [0.717, 1.165) is 38.1 Å². The Balaban J connectivity index is 1.97. The Labute approximate surface area is 158 Å². The van der Waals surface area contributed by atoms with Gasteiger partial charge in [-0.2, -0.15) is 18.4 Å². The summed E-state index contributed by atoms with van der Waals surface area (Å²) in [7, 11) is 0. The van der Waals surface area contributed by atoms with Crippen molar-refractivity contribution in [3.05, 3.63) is 34.9 Å². The summed E-state index contributed by atoms with van der Waals surface area (Å²) in [5, 5.41) is 31.9. The van der Waals surface area contributed by atoms with Crippen molar-refractivity contribution >= 4 is 11.8 Å². The third kappa shape index (κ3) is 4.17. The lowest BCUT2D eigenvalue weighted by atomic mass is 10.0. The van der Waals surface area contributed by atoms with E-state index >= 15 is 0 Å². The maximum atomic E-state index is 12.8. The molecule has 2 N–H and O–H groups in total. The Kier molecular flexibility index (Phi) is 5.58. The second-order valence-corrected chi connectivity index (χ2v) is 7.57. The van der Waals surface area contributed by atoms with Gasteiger partial charge in [0.15, 0.2) is 0 Å². The summed E-state index contributed by atoms with van der Waals surface area (Å²) >= 11 is 1.47. The van der Waals surface area contributed by atoms with Crippen LogP contribution in [0.15, 0.2) is 23.2 Å². The summed E-state index contributed by atoms with van der Waals surface area (Å²) < 4.78 is 38.4. The number of halogens is 3. The highest BCUT2D eigenvalue weighted by molar-refractivity contribution is 8.00. The lowest BCUT2D eigenvalue weighted by Gasteiger charge is -2.22. The number of alkyl halides is 3. The van der Waals surface area contributed by atoms with Crippen molar-refractivity contribution in [1.29, 1.82) is 5.26 Å². The molecule has 9 heteroatoms. The third-order valence-corrected chi connectivity index (χ3v) is 5.65. The van der Waals surface area contributed by atoms with E-state index in [1.807, 2.05) is 0 Å². The minimum absolute atomic E-state index is 0.111. The van der Waals surface area contributed by atoms with Gasteiger partial charge in [0.05, 0.1) is 11.1 Å². The van der Waals surface area contributed by atoms with Gasteiger partial charge in [-0.15, -0.1) is 10.2 Å². The van der Waals surface area contributed by atoms with Crippen molar-refractivity contribution in [1.82, 2.24) is 15.5 Å². The molecular formula is C18H17F3N4OS. The standard InChI is InChI=1S/C18H17F3N4OS/c1-10-14(8-22)17(27-12-3-2-6-23-9-12)25-24-16(10)13-5-4-11(7-15(13)26)18(19,20)21/h4-5,7,12,23,26H,2-3,6,9H2,1H3/t12-/m1/s1. The minimum atomic E-state index is -4.55. The van der Waals surface area contributed by atoms with Crippen LogP contribution in [0.2, 0.25) is 0 Å². The van der Waals surface area contributed by atoms with E-state index in [4.69, 9.17) is 0 Å². The lowest BCUT2D eigenvalue weighted by Crippen LogP contribution is -2.31. The molecule has 1 aliphatic heterocycles. The molecular weight excluding hydrogens is 377 g/mol. The number of hydrogen-bond acceptors (Lipinski definition) is 6. The van der Waals surface area contributed by atoms with E-state index in [-0.39, 0.29) is 16.5 Å². The average molecular weight is 394 g/mol. The fourth-order valence-electron chi connectivity index (χ4n) is 2.96. The molecule has 0 bridgehead atoms. The van der Waals surface area contributed by atoms with Crippen molar-refractivity contribution in [2.45, 2.75) is 36.2 Å². The van der Waals surface area contributed by atoms with Gasteiger partial charge in [-0.25, -0.2) is 0 Å². The largest absolute Gasteiger partial charge is 0.507 e. The second kappa shape index (κ2) is 7.74. The molecule has 0 amide bonds. The zero-order chi connectivity index (χ0) is 19.6. The van der Waals surface area contributed by atoms with Crippen molar-refractivity contribution in [2.24, 2.45) is 0 Å². The number of rotatable bonds is 3. The van der Waals surface area contributed by atoms with Crippen molar-refractivity contribution in [2.75, 3.05) is 13.1 Å². The summed E-state index contributed by atoms with van der Waals surface area (Å²) in [4.78, 5) is 0. The summed E-state index contributed by atoms with van der Waals surface area (Å²) in [6.07, 6.45) is -2.50. The van der Waals surface area contributed by atoms with E-state index < -0.39 is 17.5 Å². The number of thioether (sulfide) groups is 1. The number of benzene rings is 1. The van der Waals surface area contributed by atoms with Crippen LogP contribution in [0, 0.1) is 18.3 Å². The molecule has 2 aromatic rings. The number of aromatic nitrogens is 2. The van der Waals surface area contributed by atoms with E-state index in [1.54, 1.807) is 6.92 Å². The number of nitrogens with one attached hydrogen (secondary N) is 1. The van der Waals surface area contributed by atoms with Gasteiger partial charge in [0, 0.05) is 17.4 Å². The van der Waals surface area contributed by atoms with Crippen LogP contribution in [-0.4, -0.2) is 33.6 Å². The van der Waals surface area contributed by atoms with Crippen LogP contribution < -0.4 is 5.32 Å². The molecule has 1 fully saturated rings. The molecule has 27 heavy (non-hydrogen) atoms. The van der Waals surface area contributed by atoms with Gasteiger partial charge in [0.25, 0.3) is 0 Å². The molecule has 1 atom stereocenters. The molecule has 1 saturated heterocycles. The van der Waals surface area contributed by atoms with Crippen molar-refractivity contribution < 1.29 is 18.3 Å². The molecule has 0 unspecified atom stereocenters. The maximum absolute atomic E-state index is 12.8. The quantitative estimate of drug-likeness (QED) is 0.822. The second-order valence-electron chi connectivity index (χ2n) is 6.28. The monoisotopic (exact) mass is 394 g/mol. The molecule has 2 heterocycles. The number of nitrogens with zero attached hydrogens (tertiary/aromatic N) is 3. The number of phenols is 1. The molecule has 5 nitrogen and oxygen atoms in total. The van der Waals surface area contributed by atoms with Gasteiger partial charge < -0.3 is 10.4 Å². The molecule has 0 radical (unpaired) electrons. The first kappa shape index (κ1) is 19.5. The van der Waals surface area contributed by atoms with E-state index in [2.05, 4.69) is 21.6 Å². The third-order valence-electron chi connectivity index (χ3n) is 4.41. The number of nitriles is 1. The van der Waals surface area contributed by atoms with Gasteiger partial charge in [-0.3, -0.25) is 0 Å². The Morgan fingerprint density at radius 3 is 2.70 bits per heavy atom. The number of piperidine rings is 1. The van der Waals surface area contributed by atoms with E-state index in [9.17, 15) is 23.5 Å². The highest BCUT2D eigenvalue weighted by Crippen LogP contribution is 2.38. The predicted molar refractivity (Wildman–Crippen MR) is 95.3 cm³/mol. The van der Waals surface area contributed by atoms with Gasteiger partial charge >= 0.3 is 6.18 Å². The average Bonchev–Trinajstić information content (AvgIpc) is 2.63. The molecule has 1 aromatic heterocycles. The van der Waals surface area contributed by atoms with Gasteiger partial charge in [-0.05, 0) is 50.1 Å². The highest BCUT2D eigenvalue weighted by atomic mass is 32.2. The zero-order valence-electron chi connectivity index (χ0n) is 14.5. The summed E-state index contributed by atoms with van der Waals surface area (Å²) in [6, 6.07) is 4.79. The summed E-state index contributed by atoms with van der Waals surface area (Å²) in [5.41, 5.74) is 0.166. The Morgan fingerprint density at radius 2 is 2.11 bits per heavy atom. The van der Waals surface area contributed by atoms with Gasteiger partial charge in [0.1, 0.15) is 22.5 Å². The van der Waals surface area contributed by atoms with Crippen LogP contribution in [-0.2, 0) is 6.18 Å². The van der Waals surface area contributed by atoms with Crippen LogP contribution in [0.25, 0.3) is 11.3 Å². The molecule has 1 aliphatic rings. The first-order valence-electron chi connectivity index (χ1n) is 8.36. The zero-order valence-corrected chi connectivity index (χ0v) is 15.3. The Bertz CT molecular complexity index is 889. The van der Waals surface area contributed by atoms with Crippen molar-refractivity contribution in [3.63, 3.8) is 0 Å². The molecule has 0 aliphatic carbocycles. The van der Waals surface area contributed by atoms with Crippen LogP contribution in [0.3, 0.4) is 0 Å². The number of hydrogen-bond donors (Lipinski definition) is 2. The first-order valence-corrected chi connectivity index (χ1v) is 9.24. The van der Waals surface area contributed by atoms with E-state index in [1.165, 1.54) is 11.8 Å². The SMILES string of the molecule is Cc1c(-c2ccc(C(F)(F)F)cc2O)nnc(S[C@@H]2CCCNC2)c1C#N. The predicted octanol–water partition coefficient (Wildman–Crippen LogP) is 3.89. The Morgan fingerprint density at radius 1 is 1.33 bits per heavy atom. The van der Waals surface area contributed by atoms with Crippen molar-refractivity contribution in [3.8, 4) is 23.1 Å². The topological polar surface area (TPSA) is 81.8 Å². The Hall–Kier alpha value is -2.31. The summed E-state index contributed by atoms with van der Waals surface area (Å²) in [5.74, 6) is -0.553. The van der Waals surface area contributed by atoms with E-state index in [0.29, 0.717) is 22.2 Å². The normalized spacial score (nSPS) is 17.5. The first-order chi connectivity index (χ1) is 12.8. The fraction of sp³-hybridized carbons (Fsp3) is 0.389.